The van der Waals surface area contributed by atoms with Gasteiger partial charge in [-0.15, -0.1) is 0 Å². The molecule has 0 saturated heterocycles. The van der Waals surface area contributed by atoms with Crippen LogP contribution < -0.4 is 0 Å². The summed E-state index contributed by atoms with van der Waals surface area (Å²) in [5.74, 6) is -1.40. The number of phenolic OH excluding ortho intramolecular Hbond substituents is 1. The number of aromatic hydroxyl groups is 1. The van der Waals surface area contributed by atoms with Gasteiger partial charge in [-0.05, 0) is 28.1 Å². The molecule has 0 aliphatic rings. The van der Waals surface area contributed by atoms with Gasteiger partial charge in [0.05, 0.1) is 11.1 Å². The average Bonchev–Trinajstić information content (AvgIpc) is 2.04. The van der Waals surface area contributed by atoms with Crippen LogP contribution in [0.1, 0.15) is 20.7 Å². The Balaban J connectivity index is 3.44. The third-order valence-electron chi connectivity index (χ3n) is 1.51. The second kappa shape index (κ2) is 3.57. The Hall–Kier alpha value is -1.36. The van der Waals surface area contributed by atoms with Crippen LogP contribution in [0, 0.1) is 0 Å². The fourth-order valence-corrected chi connectivity index (χ4v) is 1.46. The first-order valence-corrected chi connectivity index (χ1v) is 4.07. The summed E-state index contributed by atoms with van der Waals surface area (Å²) in [6, 6.07) is 2.38. The van der Waals surface area contributed by atoms with E-state index in [9.17, 15) is 9.59 Å². The maximum Gasteiger partial charge on any atom is 0.336 e. The minimum Gasteiger partial charge on any atom is -0.507 e. The van der Waals surface area contributed by atoms with Gasteiger partial charge in [0, 0.05) is 4.47 Å². The summed E-state index contributed by atoms with van der Waals surface area (Å²) in [6.07, 6.45) is 0.395. The van der Waals surface area contributed by atoms with Crippen LogP contribution in [0.4, 0.5) is 0 Å². The first-order chi connectivity index (χ1) is 6.07. The maximum atomic E-state index is 10.6. The second-order valence-electron chi connectivity index (χ2n) is 2.28. The molecule has 13 heavy (non-hydrogen) atoms. The molecule has 0 unspecified atom stereocenters. The molecule has 2 N–H and O–H groups in total. The average molecular weight is 245 g/mol. The van der Waals surface area contributed by atoms with Gasteiger partial charge >= 0.3 is 5.97 Å². The molecular weight excluding hydrogens is 240 g/mol. The summed E-state index contributed by atoms with van der Waals surface area (Å²) < 4.78 is 0.0926. The maximum absolute atomic E-state index is 10.6. The summed E-state index contributed by atoms with van der Waals surface area (Å²) in [5, 5.41) is 17.8. The van der Waals surface area contributed by atoms with Crippen LogP contribution >= 0.6 is 15.9 Å². The van der Waals surface area contributed by atoms with Gasteiger partial charge in [-0.3, -0.25) is 4.79 Å². The zero-order valence-corrected chi connectivity index (χ0v) is 7.91. The van der Waals surface area contributed by atoms with Crippen molar-refractivity contribution in [2.24, 2.45) is 0 Å². The fraction of sp³-hybridized carbons (Fsp3) is 0. The van der Waals surface area contributed by atoms with Crippen LogP contribution in [0.5, 0.6) is 5.75 Å². The topological polar surface area (TPSA) is 74.6 Å². The van der Waals surface area contributed by atoms with Gasteiger partial charge in [0.25, 0.3) is 0 Å². The predicted molar refractivity (Wildman–Crippen MR) is 48.2 cm³/mol. The highest BCUT2D eigenvalue weighted by Crippen LogP contribution is 2.27. The fourth-order valence-electron chi connectivity index (χ4n) is 0.860. The Bertz CT molecular complexity index is 373. The lowest BCUT2D eigenvalue weighted by atomic mass is 10.1. The molecule has 1 aromatic carbocycles. The molecule has 0 aliphatic heterocycles. The molecule has 5 heteroatoms. The molecular formula is C8H5BrO4. The van der Waals surface area contributed by atoms with E-state index < -0.39 is 5.97 Å². The number of carboxylic acids is 1. The highest BCUT2D eigenvalue weighted by atomic mass is 79.9. The molecule has 1 rings (SSSR count). The van der Waals surface area contributed by atoms with Crippen molar-refractivity contribution in [2.45, 2.75) is 0 Å². The molecule has 0 amide bonds. The van der Waals surface area contributed by atoms with Crippen LogP contribution in [-0.4, -0.2) is 22.5 Å². The van der Waals surface area contributed by atoms with E-state index in [4.69, 9.17) is 10.2 Å². The lowest BCUT2D eigenvalue weighted by Gasteiger charge is -2.03. The monoisotopic (exact) mass is 244 g/mol. The van der Waals surface area contributed by atoms with Crippen LogP contribution in [0.15, 0.2) is 16.6 Å². The Kier molecular flexibility index (Phi) is 2.67. The predicted octanol–water partition coefficient (Wildman–Crippen LogP) is 1.67. The van der Waals surface area contributed by atoms with E-state index in [1.165, 1.54) is 6.07 Å². The number of phenols is 1. The summed E-state index contributed by atoms with van der Waals surface area (Å²) in [7, 11) is 0. The zero-order valence-electron chi connectivity index (χ0n) is 6.32. The van der Waals surface area contributed by atoms with Crippen molar-refractivity contribution in [3.8, 4) is 5.75 Å². The van der Waals surface area contributed by atoms with Gasteiger partial charge < -0.3 is 10.2 Å². The number of hydrogen-bond acceptors (Lipinski definition) is 3. The summed E-state index contributed by atoms with van der Waals surface area (Å²) >= 11 is 2.92. The van der Waals surface area contributed by atoms with E-state index in [1.807, 2.05) is 0 Å². The number of aldehydes is 1. The highest BCUT2D eigenvalue weighted by molar-refractivity contribution is 9.10. The minimum atomic E-state index is -1.16. The minimum absolute atomic E-state index is 0.0556. The van der Waals surface area contributed by atoms with Gasteiger partial charge in [-0.25, -0.2) is 4.79 Å². The van der Waals surface area contributed by atoms with Crippen LogP contribution in [-0.2, 0) is 0 Å². The van der Waals surface area contributed by atoms with Crippen LogP contribution in [0.25, 0.3) is 0 Å². The van der Waals surface area contributed by atoms with Gasteiger partial charge in [0.1, 0.15) is 5.75 Å². The van der Waals surface area contributed by atoms with Crippen molar-refractivity contribution < 1.29 is 19.8 Å². The summed E-state index contributed by atoms with van der Waals surface area (Å²) in [6.45, 7) is 0. The highest BCUT2D eigenvalue weighted by Gasteiger charge is 2.14. The Morgan fingerprint density at radius 3 is 2.54 bits per heavy atom. The molecule has 0 atom stereocenters. The smallest absolute Gasteiger partial charge is 0.336 e. The number of carbonyl (C=O) groups is 2. The van der Waals surface area contributed by atoms with Crippen LogP contribution in [0.2, 0.25) is 0 Å². The third-order valence-corrected chi connectivity index (χ3v) is 2.36. The van der Waals surface area contributed by atoms with E-state index in [2.05, 4.69) is 15.9 Å². The number of carbonyl (C=O) groups excluding carboxylic acids is 1. The zero-order chi connectivity index (χ0) is 10.0. The molecule has 68 valence electrons. The standard InChI is InChI=1S/C8H5BrO4/c9-7-4(8(12)13)1-2-6(11)5(7)3-10/h1-3,11H,(H,12,13). The van der Waals surface area contributed by atoms with E-state index >= 15 is 0 Å². The van der Waals surface area contributed by atoms with Crippen molar-refractivity contribution >= 4 is 28.2 Å². The number of aromatic carboxylic acids is 1. The SMILES string of the molecule is O=Cc1c(O)ccc(C(=O)O)c1Br. The van der Waals surface area contributed by atoms with Crippen LogP contribution in [0.3, 0.4) is 0 Å². The van der Waals surface area contributed by atoms with E-state index in [0.29, 0.717) is 6.29 Å². The molecule has 0 fully saturated rings. The third kappa shape index (κ3) is 1.70. The summed E-state index contributed by atoms with van der Waals surface area (Å²) in [5.41, 5.74) is -0.111. The normalized spacial score (nSPS) is 9.62. The van der Waals surface area contributed by atoms with Crippen molar-refractivity contribution in [1.82, 2.24) is 0 Å². The number of carboxylic acid groups (broad SMARTS) is 1. The molecule has 0 radical (unpaired) electrons. The summed E-state index contributed by atoms with van der Waals surface area (Å²) in [4.78, 5) is 21.0. The van der Waals surface area contributed by atoms with Crippen molar-refractivity contribution in [3.63, 3.8) is 0 Å². The van der Waals surface area contributed by atoms with Gasteiger partial charge in [-0.2, -0.15) is 0 Å². The quantitative estimate of drug-likeness (QED) is 0.777. The molecule has 0 spiro atoms. The number of benzene rings is 1. The number of rotatable bonds is 2. The Labute approximate surface area is 81.9 Å². The molecule has 0 bridgehead atoms. The molecule has 1 aromatic rings. The largest absolute Gasteiger partial charge is 0.507 e. The van der Waals surface area contributed by atoms with E-state index in [1.54, 1.807) is 0 Å². The Morgan fingerprint density at radius 2 is 2.08 bits per heavy atom. The molecule has 0 saturated carbocycles. The Morgan fingerprint density at radius 1 is 1.46 bits per heavy atom. The van der Waals surface area contributed by atoms with E-state index in [-0.39, 0.29) is 21.3 Å². The first-order valence-electron chi connectivity index (χ1n) is 3.28. The second-order valence-corrected chi connectivity index (χ2v) is 3.08. The van der Waals surface area contributed by atoms with Gasteiger partial charge in [0.15, 0.2) is 6.29 Å². The first kappa shape index (κ1) is 9.73. The lowest BCUT2D eigenvalue weighted by Crippen LogP contribution is -1.99. The molecule has 4 nitrogen and oxygen atoms in total. The van der Waals surface area contributed by atoms with Crippen molar-refractivity contribution in [3.05, 3.63) is 27.7 Å². The van der Waals surface area contributed by atoms with Crippen molar-refractivity contribution in [1.29, 1.82) is 0 Å². The number of halogens is 1. The van der Waals surface area contributed by atoms with Gasteiger partial charge in [-0.1, -0.05) is 0 Å². The lowest BCUT2D eigenvalue weighted by molar-refractivity contribution is 0.0696. The van der Waals surface area contributed by atoms with Crippen molar-refractivity contribution in [2.75, 3.05) is 0 Å². The van der Waals surface area contributed by atoms with E-state index in [0.717, 1.165) is 6.07 Å². The number of hydrogen-bond donors (Lipinski definition) is 2. The molecule has 0 aliphatic carbocycles. The van der Waals surface area contributed by atoms with Gasteiger partial charge in [0.2, 0.25) is 0 Å². The molecule has 0 aromatic heterocycles. The molecule has 0 heterocycles.